The number of ether oxygens (including phenoxy) is 2. The monoisotopic (exact) mass is 477 g/mol. The van der Waals surface area contributed by atoms with Gasteiger partial charge in [-0.05, 0) is 47.9 Å². The van der Waals surface area contributed by atoms with Crippen molar-refractivity contribution >= 4 is 32.8 Å². The number of methoxy groups -OCH3 is 1. The molecule has 0 unspecified atom stereocenters. The molecule has 0 saturated carbocycles. The molecule has 0 spiro atoms. The molecular weight excluding hydrogens is 450 g/mol. The van der Waals surface area contributed by atoms with Crippen LogP contribution in [0.4, 0.5) is 9.93 Å². The number of benzene rings is 3. The lowest BCUT2D eigenvalue weighted by Crippen LogP contribution is -2.34. The minimum absolute atomic E-state index is 0.292. The molecule has 2 N–H and O–H groups in total. The van der Waals surface area contributed by atoms with Gasteiger partial charge in [0.2, 0.25) is 0 Å². The summed E-state index contributed by atoms with van der Waals surface area (Å²) >= 11 is 1.59. The molecule has 0 aliphatic rings. The number of carboxylic acid groups (broad SMARTS) is 1. The fourth-order valence-electron chi connectivity index (χ4n) is 3.61. The lowest BCUT2D eigenvalue weighted by molar-refractivity contribution is 0.194. The van der Waals surface area contributed by atoms with Gasteiger partial charge in [-0.3, -0.25) is 0 Å². The number of fused-ring (bicyclic) bond motifs is 1. The van der Waals surface area contributed by atoms with Crippen LogP contribution in [0.3, 0.4) is 0 Å². The largest absolute Gasteiger partial charge is 0.493 e. The van der Waals surface area contributed by atoms with Crippen LogP contribution in [0.5, 0.6) is 11.5 Å². The number of nitrogens with zero attached hydrogens (tertiary/aromatic N) is 2. The third kappa shape index (κ3) is 5.77. The molecule has 8 heteroatoms. The molecule has 1 heterocycles. The highest BCUT2D eigenvalue weighted by Crippen LogP contribution is 2.32. The highest BCUT2D eigenvalue weighted by atomic mass is 32.1. The third-order valence-electron chi connectivity index (χ3n) is 5.46. The summed E-state index contributed by atoms with van der Waals surface area (Å²) < 4.78 is 12.7. The molecular formula is C26H27N3O4S. The lowest BCUT2D eigenvalue weighted by Gasteiger charge is -2.22. The van der Waals surface area contributed by atoms with Gasteiger partial charge < -0.3 is 24.8 Å². The number of hydrogen-bond acceptors (Lipinski definition) is 6. The van der Waals surface area contributed by atoms with Crippen molar-refractivity contribution in [2.75, 3.05) is 25.1 Å². The van der Waals surface area contributed by atoms with E-state index in [1.54, 1.807) is 18.4 Å². The van der Waals surface area contributed by atoms with E-state index in [2.05, 4.69) is 29.3 Å². The van der Waals surface area contributed by atoms with Crippen molar-refractivity contribution in [3.63, 3.8) is 0 Å². The molecule has 0 saturated heterocycles. The molecule has 0 aliphatic carbocycles. The van der Waals surface area contributed by atoms with Gasteiger partial charge in [0.15, 0.2) is 16.6 Å². The number of aromatic nitrogens is 1. The molecule has 0 aliphatic heterocycles. The van der Waals surface area contributed by atoms with Crippen LogP contribution in [0.15, 0.2) is 66.7 Å². The first-order chi connectivity index (χ1) is 16.5. The van der Waals surface area contributed by atoms with E-state index < -0.39 is 6.09 Å². The van der Waals surface area contributed by atoms with E-state index in [-0.39, 0.29) is 0 Å². The first-order valence-corrected chi connectivity index (χ1v) is 11.8. The quantitative estimate of drug-likeness (QED) is 0.315. The highest BCUT2D eigenvalue weighted by molar-refractivity contribution is 7.22. The van der Waals surface area contributed by atoms with E-state index in [4.69, 9.17) is 19.6 Å². The Labute approximate surface area is 202 Å². The number of amides is 1. The predicted octanol–water partition coefficient (Wildman–Crippen LogP) is 5.47. The number of anilines is 1. The second kappa shape index (κ2) is 10.9. The summed E-state index contributed by atoms with van der Waals surface area (Å²) in [6, 6.07) is 22.0. The zero-order chi connectivity index (χ0) is 23.9. The molecule has 0 atom stereocenters. The van der Waals surface area contributed by atoms with Crippen LogP contribution >= 0.6 is 11.3 Å². The molecule has 1 aromatic heterocycles. The van der Waals surface area contributed by atoms with Gasteiger partial charge in [0.1, 0.15) is 6.61 Å². The SMILES string of the molecule is COc1cc(CN(CCNC(=O)O)c2nc3ccccc3s2)ccc1OCc1ccccc1C. The van der Waals surface area contributed by atoms with E-state index in [1.807, 2.05) is 54.6 Å². The number of aryl methyl sites for hydroxylation is 1. The van der Waals surface area contributed by atoms with Crippen LogP contribution in [-0.2, 0) is 13.2 Å². The number of para-hydroxylation sites is 1. The summed E-state index contributed by atoms with van der Waals surface area (Å²) in [6.45, 7) is 3.85. The Balaban J connectivity index is 1.52. The van der Waals surface area contributed by atoms with E-state index in [0.29, 0.717) is 37.7 Å². The van der Waals surface area contributed by atoms with Gasteiger partial charge >= 0.3 is 6.09 Å². The number of hydrogen-bond donors (Lipinski definition) is 2. The van der Waals surface area contributed by atoms with Crippen molar-refractivity contribution in [1.29, 1.82) is 0 Å². The van der Waals surface area contributed by atoms with E-state index >= 15 is 0 Å². The summed E-state index contributed by atoms with van der Waals surface area (Å²) in [6.07, 6.45) is -1.04. The van der Waals surface area contributed by atoms with E-state index in [0.717, 1.165) is 26.5 Å². The molecule has 0 radical (unpaired) electrons. The van der Waals surface area contributed by atoms with Crippen molar-refractivity contribution in [3.8, 4) is 11.5 Å². The van der Waals surface area contributed by atoms with Crippen molar-refractivity contribution in [3.05, 3.63) is 83.4 Å². The molecule has 1 amide bonds. The van der Waals surface area contributed by atoms with Gasteiger partial charge in [0.25, 0.3) is 0 Å². The molecule has 176 valence electrons. The summed E-state index contributed by atoms with van der Waals surface area (Å²) in [5.74, 6) is 1.33. The van der Waals surface area contributed by atoms with Crippen LogP contribution in [0, 0.1) is 6.92 Å². The molecule has 0 fully saturated rings. The van der Waals surface area contributed by atoms with Crippen molar-refractivity contribution in [2.45, 2.75) is 20.1 Å². The van der Waals surface area contributed by atoms with Crippen LogP contribution in [0.25, 0.3) is 10.2 Å². The molecule has 4 aromatic rings. The van der Waals surface area contributed by atoms with E-state index in [9.17, 15) is 4.79 Å². The topological polar surface area (TPSA) is 83.9 Å². The van der Waals surface area contributed by atoms with Crippen LogP contribution in [0.1, 0.15) is 16.7 Å². The summed E-state index contributed by atoms with van der Waals surface area (Å²) in [5.41, 5.74) is 4.24. The Morgan fingerprint density at radius 3 is 2.65 bits per heavy atom. The second-order valence-corrected chi connectivity index (χ2v) is 8.83. The Morgan fingerprint density at radius 2 is 1.88 bits per heavy atom. The first-order valence-electron chi connectivity index (χ1n) is 10.9. The average Bonchev–Trinajstić information content (AvgIpc) is 3.27. The fraction of sp³-hybridized carbons (Fsp3) is 0.231. The first kappa shape index (κ1) is 23.4. The van der Waals surface area contributed by atoms with Crippen molar-refractivity contribution in [2.24, 2.45) is 0 Å². The normalized spacial score (nSPS) is 10.8. The van der Waals surface area contributed by atoms with E-state index in [1.165, 1.54) is 5.56 Å². The Hall–Kier alpha value is -3.78. The Kier molecular flexibility index (Phi) is 7.49. The zero-order valence-electron chi connectivity index (χ0n) is 19.2. The Bertz CT molecular complexity index is 1240. The smallest absolute Gasteiger partial charge is 0.404 e. The van der Waals surface area contributed by atoms with Gasteiger partial charge in [-0.2, -0.15) is 0 Å². The number of rotatable bonds is 10. The second-order valence-electron chi connectivity index (χ2n) is 7.82. The minimum atomic E-state index is -1.04. The molecule has 34 heavy (non-hydrogen) atoms. The predicted molar refractivity (Wildman–Crippen MR) is 135 cm³/mol. The number of thiazole rings is 1. The van der Waals surface area contributed by atoms with Gasteiger partial charge in [-0.1, -0.05) is 53.8 Å². The summed E-state index contributed by atoms with van der Waals surface area (Å²) in [5, 5.41) is 12.3. The molecule has 4 rings (SSSR count). The van der Waals surface area contributed by atoms with Gasteiger partial charge in [-0.25, -0.2) is 9.78 Å². The van der Waals surface area contributed by atoms with Gasteiger partial charge in [0, 0.05) is 19.6 Å². The van der Waals surface area contributed by atoms with Gasteiger partial charge in [0.05, 0.1) is 17.3 Å². The third-order valence-corrected chi connectivity index (χ3v) is 6.55. The van der Waals surface area contributed by atoms with Gasteiger partial charge in [-0.15, -0.1) is 0 Å². The maximum Gasteiger partial charge on any atom is 0.404 e. The van der Waals surface area contributed by atoms with Crippen molar-refractivity contribution in [1.82, 2.24) is 10.3 Å². The molecule has 0 bridgehead atoms. The fourth-order valence-corrected chi connectivity index (χ4v) is 4.60. The number of nitrogens with one attached hydrogen (secondary N) is 1. The summed E-state index contributed by atoms with van der Waals surface area (Å²) in [7, 11) is 1.63. The maximum atomic E-state index is 10.9. The number of carbonyl (C=O) groups is 1. The van der Waals surface area contributed by atoms with Crippen LogP contribution in [-0.4, -0.2) is 36.4 Å². The minimum Gasteiger partial charge on any atom is -0.493 e. The lowest BCUT2D eigenvalue weighted by atomic mass is 10.1. The standard InChI is InChI=1S/C26H27N3O4S/c1-18-7-3-4-8-20(18)17-33-22-12-11-19(15-23(22)32-2)16-29(14-13-27-26(30)31)25-28-21-9-5-6-10-24(21)34-25/h3-12,15,27H,13-14,16-17H2,1-2H3,(H,30,31). The van der Waals surface area contributed by atoms with Crippen LogP contribution < -0.4 is 19.7 Å². The molecule has 7 nitrogen and oxygen atoms in total. The summed E-state index contributed by atoms with van der Waals surface area (Å²) in [4.78, 5) is 17.8. The average molecular weight is 478 g/mol. The van der Waals surface area contributed by atoms with Crippen LogP contribution in [0.2, 0.25) is 0 Å². The molecule has 3 aromatic carbocycles. The Morgan fingerprint density at radius 1 is 1.09 bits per heavy atom. The maximum absolute atomic E-state index is 10.9. The van der Waals surface area contributed by atoms with Crippen molar-refractivity contribution < 1.29 is 19.4 Å². The zero-order valence-corrected chi connectivity index (χ0v) is 20.0. The highest BCUT2D eigenvalue weighted by Gasteiger charge is 2.15.